The molecule has 16 heavy (non-hydrogen) atoms. The van der Waals surface area contributed by atoms with E-state index < -0.39 is 11.6 Å². The first-order chi connectivity index (χ1) is 7.59. The van der Waals surface area contributed by atoms with Gasteiger partial charge in [0.1, 0.15) is 17.4 Å². The molecule has 0 radical (unpaired) electrons. The van der Waals surface area contributed by atoms with E-state index in [1.807, 2.05) is 0 Å². The van der Waals surface area contributed by atoms with Crippen molar-refractivity contribution in [2.24, 2.45) is 0 Å². The Kier molecular flexibility index (Phi) is 2.92. The second-order valence-corrected chi connectivity index (χ2v) is 4.12. The highest BCUT2D eigenvalue weighted by atomic mass is 79.9. The molecule has 1 N–H and O–H groups in total. The molecule has 82 valence electrons. The van der Waals surface area contributed by atoms with Gasteiger partial charge in [-0.1, -0.05) is 12.1 Å². The third-order valence-corrected chi connectivity index (χ3v) is 2.81. The van der Waals surface area contributed by atoms with Gasteiger partial charge in [0.15, 0.2) is 0 Å². The fraction of sp³-hybridized carbons (Fsp3) is 0. The van der Waals surface area contributed by atoms with Crippen molar-refractivity contribution < 1.29 is 13.9 Å². The second kappa shape index (κ2) is 4.22. The fourth-order valence-electron chi connectivity index (χ4n) is 1.43. The minimum Gasteiger partial charge on any atom is -0.508 e. The summed E-state index contributed by atoms with van der Waals surface area (Å²) in [5.41, 5.74) is 0.281. The number of phenols is 1. The lowest BCUT2D eigenvalue weighted by molar-refractivity contribution is 0.469. The van der Waals surface area contributed by atoms with Crippen molar-refractivity contribution in [2.75, 3.05) is 0 Å². The van der Waals surface area contributed by atoms with E-state index in [0.717, 1.165) is 6.07 Å². The van der Waals surface area contributed by atoms with Gasteiger partial charge in [0.2, 0.25) is 0 Å². The molecular weight excluding hydrogens is 278 g/mol. The predicted octanol–water partition coefficient (Wildman–Crippen LogP) is 4.10. The van der Waals surface area contributed by atoms with Crippen LogP contribution in [-0.4, -0.2) is 5.11 Å². The van der Waals surface area contributed by atoms with Crippen LogP contribution in [0.2, 0.25) is 0 Å². The van der Waals surface area contributed by atoms with E-state index in [9.17, 15) is 8.78 Å². The van der Waals surface area contributed by atoms with Crippen molar-refractivity contribution in [1.29, 1.82) is 0 Å². The average molecular weight is 285 g/mol. The third kappa shape index (κ3) is 1.93. The monoisotopic (exact) mass is 284 g/mol. The molecule has 0 atom stereocenters. The molecule has 0 aromatic heterocycles. The van der Waals surface area contributed by atoms with Crippen molar-refractivity contribution in [1.82, 2.24) is 0 Å². The number of benzene rings is 2. The Morgan fingerprint density at radius 2 is 1.75 bits per heavy atom. The van der Waals surface area contributed by atoms with Crippen LogP contribution in [0.15, 0.2) is 40.9 Å². The van der Waals surface area contributed by atoms with Crippen molar-refractivity contribution in [2.45, 2.75) is 0 Å². The average Bonchev–Trinajstić information content (AvgIpc) is 2.23. The highest BCUT2D eigenvalue weighted by molar-refractivity contribution is 9.10. The van der Waals surface area contributed by atoms with Gasteiger partial charge in [-0.2, -0.15) is 0 Å². The normalized spacial score (nSPS) is 10.4. The summed E-state index contributed by atoms with van der Waals surface area (Å²) in [7, 11) is 0. The van der Waals surface area contributed by atoms with Gasteiger partial charge in [-0.15, -0.1) is 0 Å². The van der Waals surface area contributed by atoms with Crippen LogP contribution in [0, 0.1) is 11.6 Å². The van der Waals surface area contributed by atoms with Crippen LogP contribution < -0.4 is 0 Å². The number of hydrogen-bond acceptors (Lipinski definition) is 1. The number of rotatable bonds is 1. The zero-order chi connectivity index (χ0) is 11.7. The summed E-state index contributed by atoms with van der Waals surface area (Å²) in [6, 6.07) is 8.26. The first kappa shape index (κ1) is 11.1. The largest absolute Gasteiger partial charge is 0.508 e. The molecule has 0 aliphatic rings. The molecule has 2 rings (SSSR count). The second-order valence-electron chi connectivity index (χ2n) is 3.27. The summed E-state index contributed by atoms with van der Waals surface area (Å²) in [5.74, 6) is -1.36. The molecule has 0 amide bonds. The fourth-order valence-corrected chi connectivity index (χ4v) is 1.80. The Balaban J connectivity index is 2.63. The number of aromatic hydroxyl groups is 1. The van der Waals surface area contributed by atoms with Crippen molar-refractivity contribution in [3.63, 3.8) is 0 Å². The van der Waals surface area contributed by atoms with Gasteiger partial charge in [0.05, 0.1) is 4.47 Å². The van der Waals surface area contributed by atoms with Gasteiger partial charge in [-0.3, -0.25) is 0 Å². The summed E-state index contributed by atoms with van der Waals surface area (Å²) in [5, 5.41) is 9.07. The molecule has 0 unspecified atom stereocenters. The Labute approximate surface area is 99.5 Å². The molecule has 0 heterocycles. The number of halogens is 3. The van der Waals surface area contributed by atoms with Crippen molar-refractivity contribution in [3.05, 3.63) is 52.5 Å². The van der Waals surface area contributed by atoms with Crippen LogP contribution in [0.3, 0.4) is 0 Å². The summed E-state index contributed by atoms with van der Waals surface area (Å²) >= 11 is 3.04. The van der Waals surface area contributed by atoms with Gasteiger partial charge in [-0.05, 0) is 34.1 Å². The van der Waals surface area contributed by atoms with E-state index in [2.05, 4.69) is 15.9 Å². The van der Waals surface area contributed by atoms with E-state index in [0.29, 0.717) is 0 Å². The van der Waals surface area contributed by atoms with Crippen LogP contribution in [0.25, 0.3) is 11.1 Å². The molecule has 0 bridgehead atoms. The van der Waals surface area contributed by atoms with Crippen molar-refractivity contribution >= 4 is 15.9 Å². The summed E-state index contributed by atoms with van der Waals surface area (Å²) < 4.78 is 27.5. The third-order valence-electron chi connectivity index (χ3n) is 2.19. The molecule has 4 heteroatoms. The van der Waals surface area contributed by atoms with E-state index in [1.54, 1.807) is 6.07 Å². The SMILES string of the molecule is Oc1ccc(-c2cccc(Br)c2F)c(F)c1. The Morgan fingerprint density at radius 3 is 2.44 bits per heavy atom. The molecule has 0 saturated carbocycles. The lowest BCUT2D eigenvalue weighted by Crippen LogP contribution is -1.89. The summed E-state index contributed by atoms with van der Waals surface area (Å²) in [4.78, 5) is 0. The standard InChI is InChI=1S/C12H7BrF2O/c13-10-3-1-2-9(12(10)15)8-5-4-7(16)6-11(8)14/h1-6,16H. The molecule has 0 fully saturated rings. The zero-order valence-electron chi connectivity index (χ0n) is 8.05. The van der Waals surface area contributed by atoms with Gasteiger partial charge in [0.25, 0.3) is 0 Å². The molecule has 2 aromatic rings. The van der Waals surface area contributed by atoms with Crippen LogP contribution in [-0.2, 0) is 0 Å². The first-order valence-electron chi connectivity index (χ1n) is 4.52. The van der Waals surface area contributed by atoms with Crippen LogP contribution >= 0.6 is 15.9 Å². The molecular formula is C12H7BrF2O. The minimum absolute atomic E-state index is 0.122. The van der Waals surface area contributed by atoms with E-state index in [4.69, 9.17) is 5.11 Å². The minimum atomic E-state index is -0.656. The zero-order valence-corrected chi connectivity index (χ0v) is 9.63. The quantitative estimate of drug-likeness (QED) is 0.836. The maximum Gasteiger partial charge on any atom is 0.145 e. The van der Waals surface area contributed by atoms with Crippen molar-refractivity contribution in [3.8, 4) is 16.9 Å². The number of hydrogen-bond donors (Lipinski definition) is 1. The maximum atomic E-state index is 13.7. The maximum absolute atomic E-state index is 13.7. The highest BCUT2D eigenvalue weighted by Gasteiger charge is 2.12. The Hall–Kier alpha value is -1.42. The van der Waals surface area contributed by atoms with E-state index in [-0.39, 0.29) is 21.3 Å². The van der Waals surface area contributed by atoms with Gasteiger partial charge >= 0.3 is 0 Å². The topological polar surface area (TPSA) is 20.2 Å². The Morgan fingerprint density at radius 1 is 1.00 bits per heavy atom. The molecule has 0 aliphatic carbocycles. The molecule has 0 spiro atoms. The van der Waals surface area contributed by atoms with Gasteiger partial charge in [-0.25, -0.2) is 8.78 Å². The number of phenolic OH excluding ortho intramolecular Hbond substituents is 1. The Bertz CT molecular complexity index is 541. The first-order valence-corrected chi connectivity index (χ1v) is 5.32. The lowest BCUT2D eigenvalue weighted by atomic mass is 10.0. The van der Waals surface area contributed by atoms with Gasteiger partial charge < -0.3 is 5.11 Å². The van der Waals surface area contributed by atoms with Gasteiger partial charge in [0, 0.05) is 17.2 Å². The summed E-state index contributed by atoms with van der Waals surface area (Å²) in [6.07, 6.45) is 0. The lowest BCUT2D eigenvalue weighted by Gasteiger charge is -2.06. The molecule has 2 aromatic carbocycles. The molecule has 0 aliphatic heterocycles. The predicted molar refractivity (Wildman–Crippen MR) is 61.2 cm³/mol. The molecule has 1 nitrogen and oxygen atoms in total. The van der Waals surface area contributed by atoms with Crippen LogP contribution in [0.1, 0.15) is 0 Å². The smallest absolute Gasteiger partial charge is 0.145 e. The van der Waals surface area contributed by atoms with Crippen LogP contribution in [0.5, 0.6) is 5.75 Å². The molecule has 0 saturated heterocycles. The highest BCUT2D eigenvalue weighted by Crippen LogP contribution is 2.30. The van der Waals surface area contributed by atoms with Crippen LogP contribution in [0.4, 0.5) is 8.78 Å². The summed E-state index contributed by atoms with van der Waals surface area (Å²) in [6.45, 7) is 0. The van der Waals surface area contributed by atoms with E-state index >= 15 is 0 Å². The van der Waals surface area contributed by atoms with E-state index in [1.165, 1.54) is 24.3 Å².